The van der Waals surface area contributed by atoms with Gasteiger partial charge in [-0.3, -0.25) is 0 Å². The second-order valence-corrected chi connectivity index (χ2v) is 6.58. The number of hydrogen-bond acceptors (Lipinski definition) is 2. The van der Waals surface area contributed by atoms with Crippen molar-refractivity contribution in [1.29, 1.82) is 0 Å². The minimum Gasteiger partial charge on any atom is -0.207 e. The highest BCUT2D eigenvalue weighted by Crippen LogP contribution is 2.22. The first-order valence-corrected chi connectivity index (χ1v) is 7.41. The highest BCUT2D eigenvalue weighted by molar-refractivity contribution is 7.89. The summed E-state index contributed by atoms with van der Waals surface area (Å²) in [6.45, 7) is 5.48. The molecule has 0 saturated heterocycles. The molecule has 0 aliphatic carbocycles. The molecule has 96 valence electrons. The van der Waals surface area contributed by atoms with Crippen molar-refractivity contribution in [3.05, 3.63) is 29.3 Å². The Labute approximate surface area is 108 Å². The topological polar surface area (TPSA) is 37.4 Å². The van der Waals surface area contributed by atoms with Crippen LogP contribution in [0.25, 0.3) is 0 Å². The van der Waals surface area contributed by atoms with Gasteiger partial charge in [-0.05, 0) is 38.0 Å². The molecule has 0 aliphatic rings. The van der Waals surface area contributed by atoms with E-state index in [1.54, 1.807) is 26.1 Å². The zero-order valence-corrected chi connectivity index (χ0v) is 12.1. The molecule has 0 bridgehead atoms. The smallest absolute Gasteiger partial charge is 0.207 e. The molecule has 3 nitrogen and oxygen atoms in total. The first kappa shape index (κ1) is 14.5. The third-order valence-electron chi connectivity index (χ3n) is 2.79. The minimum absolute atomic E-state index is 0.0703. The van der Waals surface area contributed by atoms with Gasteiger partial charge < -0.3 is 0 Å². The fourth-order valence-corrected chi connectivity index (χ4v) is 3.25. The fraction of sp³-hybridized carbons (Fsp3) is 0.500. The summed E-state index contributed by atoms with van der Waals surface area (Å²) >= 11 is 5.74. The quantitative estimate of drug-likeness (QED) is 0.793. The lowest BCUT2D eigenvalue weighted by atomic mass is 10.2. The second-order valence-electron chi connectivity index (χ2n) is 4.35. The van der Waals surface area contributed by atoms with Crippen molar-refractivity contribution in [3.8, 4) is 0 Å². The molecular formula is C12H18ClNO2S. The predicted octanol–water partition coefficient (Wildman–Crippen LogP) is 2.76. The molecular weight excluding hydrogens is 258 g/mol. The van der Waals surface area contributed by atoms with Crippen molar-refractivity contribution in [2.45, 2.75) is 37.6 Å². The van der Waals surface area contributed by atoms with E-state index in [2.05, 4.69) is 0 Å². The molecule has 0 aliphatic heterocycles. The zero-order chi connectivity index (χ0) is 13.2. The van der Waals surface area contributed by atoms with E-state index in [9.17, 15) is 8.42 Å². The van der Waals surface area contributed by atoms with Gasteiger partial charge in [-0.1, -0.05) is 12.1 Å². The zero-order valence-electron chi connectivity index (χ0n) is 10.6. The van der Waals surface area contributed by atoms with Crippen molar-refractivity contribution in [1.82, 2.24) is 4.31 Å². The number of sulfonamides is 1. The Balaban J connectivity index is 3.32. The van der Waals surface area contributed by atoms with Gasteiger partial charge in [0.15, 0.2) is 0 Å². The molecule has 0 saturated carbocycles. The molecule has 0 radical (unpaired) electrons. The average molecular weight is 276 g/mol. The maximum Gasteiger partial charge on any atom is 0.243 e. The number of benzene rings is 1. The van der Waals surface area contributed by atoms with Crippen LogP contribution in [0.3, 0.4) is 0 Å². The molecule has 0 spiro atoms. The first-order chi connectivity index (χ1) is 7.80. The van der Waals surface area contributed by atoms with Gasteiger partial charge in [0.1, 0.15) is 0 Å². The fourth-order valence-electron chi connectivity index (χ4n) is 1.44. The minimum atomic E-state index is -3.43. The summed E-state index contributed by atoms with van der Waals surface area (Å²) in [6.07, 6.45) is 0. The third kappa shape index (κ3) is 3.00. The van der Waals surface area contributed by atoms with Gasteiger partial charge in [0, 0.05) is 19.0 Å². The van der Waals surface area contributed by atoms with Gasteiger partial charge >= 0.3 is 0 Å². The van der Waals surface area contributed by atoms with E-state index >= 15 is 0 Å². The Kier molecular flexibility index (Phi) is 4.58. The molecule has 1 rings (SSSR count). The van der Waals surface area contributed by atoms with E-state index in [1.807, 2.05) is 19.9 Å². The Hall–Kier alpha value is -0.580. The third-order valence-corrected chi connectivity index (χ3v) is 5.28. The summed E-state index contributed by atoms with van der Waals surface area (Å²) in [7, 11) is -1.84. The summed E-state index contributed by atoms with van der Waals surface area (Å²) in [5.74, 6) is 0.314. The van der Waals surface area contributed by atoms with Gasteiger partial charge in [0.2, 0.25) is 10.0 Å². The molecule has 0 fully saturated rings. The summed E-state index contributed by atoms with van der Waals surface area (Å²) in [5, 5.41) is 0. The van der Waals surface area contributed by atoms with Gasteiger partial charge in [-0.2, -0.15) is 4.31 Å². The van der Waals surface area contributed by atoms with Crippen molar-refractivity contribution >= 4 is 21.6 Å². The number of halogens is 1. The van der Waals surface area contributed by atoms with E-state index in [4.69, 9.17) is 11.6 Å². The van der Waals surface area contributed by atoms with E-state index in [0.29, 0.717) is 10.8 Å². The van der Waals surface area contributed by atoms with Gasteiger partial charge in [-0.15, -0.1) is 11.6 Å². The standard InChI is InChI=1S/C12H18ClNO2S/c1-9(2)14(4)17(15,16)12-7-11(8-13)6-5-10(12)3/h5-7,9H,8H2,1-4H3. The van der Waals surface area contributed by atoms with Gasteiger partial charge in [0.05, 0.1) is 4.90 Å². The SMILES string of the molecule is Cc1ccc(CCl)cc1S(=O)(=O)N(C)C(C)C. The number of rotatable bonds is 4. The van der Waals surface area contributed by atoms with Crippen LogP contribution in [0, 0.1) is 6.92 Å². The van der Waals surface area contributed by atoms with Crippen molar-refractivity contribution in [3.63, 3.8) is 0 Å². The second kappa shape index (κ2) is 5.38. The Morgan fingerprint density at radius 1 is 1.35 bits per heavy atom. The normalized spacial score (nSPS) is 12.4. The summed E-state index contributed by atoms with van der Waals surface area (Å²) in [6, 6.07) is 5.21. The summed E-state index contributed by atoms with van der Waals surface area (Å²) < 4.78 is 26.1. The Morgan fingerprint density at radius 3 is 2.41 bits per heavy atom. The van der Waals surface area contributed by atoms with E-state index in [1.165, 1.54) is 4.31 Å². The van der Waals surface area contributed by atoms with Crippen LogP contribution in [0.5, 0.6) is 0 Å². The molecule has 1 aromatic rings. The molecule has 0 N–H and O–H groups in total. The molecule has 0 aromatic heterocycles. The maximum atomic E-state index is 12.3. The number of alkyl halides is 1. The van der Waals surface area contributed by atoms with E-state index < -0.39 is 10.0 Å². The molecule has 0 heterocycles. The lowest BCUT2D eigenvalue weighted by molar-refractivity contribution is 0.410. The lowest BCUT2D eigenvalue weighted by Crippen LogP contribution is -2.33. The van der Waals surface area contributed by atoms with Gasteiger partial charge in [-0.25, -0.2) is 8.42 Å². The van der Waals surface area contributed by atoms with Crippen molar-refractivity contribution < 1.29 is 8.42 Å². The van der Waals surface area contributed by atoms with E-state index in [-0.39, 0.29) is 6.04 Å². The van der Waals surface area contributed by atoms with E-state index in [0.717, 1.165) is 11.1 Å². The van der Waals surface area contributed by atoms with Crippen LogP contribution in [-0.2, 0) is 15.9 Å². The molecule has 0 amide bonds. The highest BCUT2D eigenvalue weighted by Gasteiger charge is 2.24. The van der Waals surface area contributed by atoms with Crippen LogP contribution in [0.2, 0.25) is 0 Å². The van der Waals surface area contributed by atoms with Crippen LogP contribution in [0.15, 0.2) is 23.1 Å². The molecule has 0 atom stereocenters. The van der Waals surface area contributed by atoms with Crippen LogP contribution >= 0.6 is 11.6 Å². The monoisotopic (exact) mass is 275 g/mol. The molecule has 0 unspecified atom stereocenters. The molecule has 5 heteroatoms. The van der Waals surface area contributed by atoms with Gasteiger partial charge in [0.25, 0.3) is 0 Å². The number of hydrogen-bond donors (Lipinski definition) is 0. The summed E-state index contributed by atoms with van der Waals surface area (Å²) in [5.41, 5.74) is 1.55. The maximum absolute atomic E-state index is 12.3. The molecule has 17 heavy (non-hydrogen) atoms. The van der Waals surface area contributed by atoms with Crippen LogP contribution in [0.1, 0.15) is 25.0 Å². The summed E-state index contributed by atoms with van der Waals surface area (Å²) in [4.78, 5) is 0.340. The average Bonchev–Trinajstić information content (AvgIpc) is 2.28. The van der Waals surface area contributed by atoms with Crippen molar-refractivity contribution in [2.24, 2.45) is 0 Å². The first-order valence-electron chi connectivity index (χ1n) is 5.44. The Morgan fingerprint density at radius 2 is 1.94 bits per heavy atom. The van der Waals surface area contributed by atoms with Crippen LogP contribution < -0.4 is 0 Å². The number of aryl methyl sites for hydroxylation is 1. The largest absolute Gasteiger partial charge is 0.243 e. The van der Waals surface area contributed by atoms with Crippen LogP contribution in [0.4, 0.5) is 0 Å². The predicted molar refractivity (Wildman–Crippen MR) is 70.8 cm³/mol. The lowest BCUT2D eigenvalue weighted by Gasteiger charge is -2.22. The Bertz CT molecular complexity index is 497. The molecule has 1 aromatic carbocycles. The van der Waals surface area contributed by atoms with Crippen molar-refractivity contribution in [2.75, 3.05) is 7.05 Å². The number of nitrogens with zero attached hydrogens (tertiary/aromatic N) is 1. The highest BCUT2D eigenvalue weighted by atomic mass is 35.5. The van der Waals surface area contributed by atoms with Crippen LogP contribution in [-0.4, -0.2) is 25.8 Å².